The molecule has 0 saturated carbocycles. The molecule has 0 atom stereocenters. The Hall–Kier alpha value is -2.36. The lowest BCUT2D eigenvalue weighted by molar-refractivity contribution is 0.102. The van der Waals surface area contributed by atoms with Crippen molar-refractivity contribution in [2.24, 2.45) is 0 Å². The van der Waals surface area contributed by atoms with E-state index in [1.165, 1.54) is 12.1 Å². The minimum atomic E-state index is -0.547. The zero-order chi connectivity index (χ0) is 15.6. The first kappa shape index (κ1) is 15.0. The van der Waals surface area contributed by atoms with Crippen LogP contribution in [0.5, 0.6) is 0 Å². The summed E-state index contributed by atoms with van der Waals surface area (Å²) in [6.45, 7) is 6.30. The summed E-state index contributed by atoms with van der Waals surface area (Å²) in [6.07, 6.45) is 0. The molecule has 0 saturated heterocycles. The third-order valence-electron chi connectivity index (χ3n) is 3.30. The van der Waals surface area contributed by atoms with Crippen LogP contribution >= 0.6 is 0 Å². The maximum absolute atomic E-state index is 13.7. The monoisotopic (exact) mass is 286 g/mol. The lowest BCUT2D eigenvalue weighted by Crippen LogP contribution is -2.15. The summed E-state index contributed by atoms with van der Waals surface area (Å²) in [7, 11) is 0. The van der Waals surface area contributed by atoms with E-state index in [0.717, 1.165) is 5.56 Å². The molecule has 0 fully saturated rings. The second-order valence-corrected chi connectivity index (χ2v) is 5.99. The lowest BCUT2D eigenvalue weighted by Gasteiger charge is -2.19. The molecule has 0 aliphatic rings. The minimum Gasteiger partial charge on any atom is -0.397 e. The van der Waals surface area contributed by atoms with Crippen LogP contribution in [0, 0.1) is 5.82 Å². The fourth-order valence-corrected chi connectivity index (χ4v) is 1.98. The van der Waals surface area contributed by atoms with E-state index in [4.69, 9.17) is 5.73 Å². The number of hydrogen-bond acceptors (Lipinski definition) is 2. The SMILES string of the molecule is CC(C)(C)c1ccc(C(=O)Nc2c(N)cccc2F)cc1. The van der Waals surface area contributed by atoms with Crippen LogP contribution in [0.2, 0.25) is 0 Å². The first-order valence-electron chi connectivity index (χ1n) is 6.75. The number of benzene rings is 2. The molecular weight excluding hydrogens is 267 g/mol. The zero-order valence-corrected chi connectivity index (χ0v) is 12.4. The summed E-state index contributed by atoms with van der Waals surface area (Å²) < 4.78 is 13.7. The van der Waals surface area contributed by atoms with Crippen molar-refractivity contribution in [3.63, 3.8) is 0 Å². The fraction of sp³-hybridized carbons (Fsp3) is 0.235. The Labute approximate surface area is 124 Å². The van der Waals surface area contributed by atoms with Gasteiger partial charge >= 0.3 is 0 Å². The molecule has 0 heterocycles. The van der Waals surface area contributed by atoms with Crippen LogP contribution in [-0.2, 0) is 5.41 Å². The van der Waals surface area contributed by atoms with Crippen LogP contribution in [0.4, 0.5) is 15.8 Å². The van der Waals surface area contributed by atoms with Crippen molar-refractivity contribution < 1.29 is 9.18 Å². The fourth-order valence-electron chi connectivity index (χ4n) is 1.98. The van der Waals surface area contributed by atoms with Crippen LogP contribution in [0.3, 0.4) is 0 Å². The molecule has 0 aromatic heterocycles. The van der Waals surface area contributed by atoms with Gasteiger partial charge in [-0.25, -0.2) is 4.39 Å². The normalized spacial score (nSPS) is 11.2. The number of nitrogens with two attached hydrogens (primary N) is 1. The van der Waals surface area contributed by atoms with Gasteiger partial charge in [0.15, 0.2) is 0 Å². The maximum atomic E-state index is 13.7. The quantitative estimate of drug-likeness (QED) is 0.821. The molecule has 3 nitrogen and oxygen atoms in total. The molecule has 0 radical (unpaired) electrons. The highest BCUT2D eigenvalue weighted by molar-refractivity contribution is 6.05. The van der Waals surface area contributed by atoms with Gasteiger partial charge in [0.1, 0.15) is 11.5 Å². The number of hydrogen-bond donors (Lipinski definition) is 2. The molecule has 1 amide bonds. The van der Waals surface area contributed by atoms with Gasteiger partial charge in [-0.2, -0.15) is 0 Å². The summed E-state index contributed by atoms with van der Waals surface area (Å²) in [6, 6.07) is 11.6. The minimum absolute atomic E-state index is 0.0161. The predicted molar refractivity (Wildman–Crippen MR) is 83.9 cm³/mol. The number of rotatable bonds is 2. The van der Waals surface area contributed by atoms with Gasteiger partial charge in [0, 0.05) is 5.56 Å². The molecule has 2 rings (SSSR count). The summed E-state index contributed by atoms with van der Waals surface area (Å²) in [4.78, 5) is 12.1. The Balaban J connectivity index is 2.21. The van der Waals surface area contributed by atoms with E-state index < -0.39 is 5.82 Å². The third kappa shape index (κ3) is 3.40. The van der Waals surface area contributed by atoms with Gasteiger partial charge in [-0.3, -0.25) is 4.79 Å². The van der Waals surface area contributed by atoms with E-state index in [0.29, 0.717) is 5.56 Å². The number of nitrogens with one attached hydrogen (secondary N) is 1. The highest BCUT2D eigenvalue weighted by Crippen LogP contribution is 2.24. The second kappa shape index (κ2) is 5.56. The van der Waals surface area contributed by atoms with Crippen molar-refractivity contribution >= 4 is 17.3 Å². The Morgan fingerprint density at radius 3 is 2.24 bits per heavy atom. The van der Waals surface area contributed by atoms with Gasteiger partial charge in [0.2, 0.25) is 0 Å². The van der Waals surface area contributed by atoms with E-state index in [-0.39, 0.29) is 22.7 Å². The van der Waals surface area contributed by atoms with Gasteiger partial charge in [0.05, 0.1) is 5.69 Å². The first-order valence-corrected chi connectivity index (χ1v) is 6.75. The molecule has 21 heavy (non-hydrogen) atoms. The van der Waals surface area contributed by atoms with Gasteiger partial charge in [-0.05, 0) is 35.2 Å². The average molecular weight is 286 g/mol. The Morgan fingerprint density at radius 1 is 1.10 bits per heavy atom. The molecule has 3 N–H and O–H groups in total. The van der Waals surface area contributed by atoms with Crippen LogP contribution < -0.4 is 11.1 Å². The topological polar surface area (TPSA) is 55.1 Å². The van der Waals surface area contributed by atoms with Crippen molar-refractivity contribution in [1.82, 2.24) is 0 Å². The molecule has 110 valence electrons. The molecule has 0 bridgehead atoms. The smallest absolute Gasteiger partial charge is 0.255 e. The second-order valence-electron chi connectivity index (χ2n) is 5.99. The molecule has 0 aliphatic carbocycles. The Morgan fingerprint density at radius 2 is 1.71 bits per heavy atom. The number of carbonyl (C=O) groups excluding carboxylic acids is 1. The highest BCUT2D eigenvalue weighted by Gasteiger charge is 2.15. The van der Waals surface area contributed by atoms with E-state index in [9.17, 15) is 9.18 Å². The maximum Gasteiger partial charge on any atom is 0.255 e. The molecule has 0 unspecified atom stereocenters. The zero-order valence-electron chi connectivity index (χ0n) is 12.4. The standard InChI is InChI=1S/C17H19FN2O/c1-17(2,3)12-9-7-11(8-10-12)16(21)20-15-13(18)5-4-6-14(15)19/h4-10H,19H2,1-3H3,(H,20,21). The number of para-hydroxylation sites is 1. The van der Waals surface area contributed by atoms with E-state index in [1.807, 2.05) is 12.1 Å². The number of carbonyl (C=O) groups is 1. The highest BCUT2D eigenvalue weighted by atomic mass is 19.1. The van der Waals surface area contributed by atoms with E-state index in [2.05, 4.69) is 26.1 Å². The van der Waals surface area contributed by atoms with Crippen molar-refractivity contribution in [3.05, 3.63) is 59.4 Å². The van der Waals surface area contributed by atoms with Crippen LogP contribution in [-0.4, -0.2) is 5.91 Å². The molecule has 0 spiro atoms. The summed E-state index contributed by atoms with van der Waals surface area (Å²) in [5.41, 5.74) is 7.51. The summed E-state index contributed by atoms with van der Waals surface area (Å²) >= 11 is 0. The van der Waals surface area contributed by atoms with E-state index >= 15 is 0 Å². The first-order chi connectivity index (χ1) is 9.79. The molecule has 0 aliphatic heterocycles. The van der Waals surface area contributed by atoms with E-state index in [1.54, 1.807) is 18.2 Å². The van der Waals surface area contributed by atoms with Crippen molar-refractivity contribution in [2.75, 3.05) is 11.1 Å². The number of halogens is 1. The van der Waals surface area contributed by atoms with Crippen LogP contribution in [0.25, 0.3) is 0 Å². The van der Waals surface area contributed by atoms with Gasteiger partial charge in [-0.15, -0.1) is 0 Å². The Bertz CT molecular complexity index is 637. The molecule has 4 heteroatoms. The van der Waals surface area contributed by atoms with Crippen LogP contribution in [0.1, 0.15) is 36.7 Å². The third-order valence-corrected chi connectivity index (χ3v) is 3.30. The number of amides is 1. The van der Waals surface area contributed by atoms with Gasteiger partial charge in [0.25, 0.3) is 5.91 Å². The van der Waals surface area contributed by atoms with Crippen LogP contribution in [0.15, 0.2) is 42.5 Å². The van der Waals surface area contributed by atoms with Gasteiger partial charge < -0.3 is 11.1 Å². The van der Waals surface area contributed by atoms with Crippen molar-refractivity contribution in [3.8, 4) is 0 Å². The van der Waals surface area contributed by atoms with Crippen molar-refractivity contribution in [1.29, 1.82) is 0 Å². The average Bonchev–Trinajstić information content (AvgIpc) is 2.42. The number of nitrogen functional groups attached to an aromatic ring is 1. The van der Waals surface area contributed by atoms with Crippen molar-refractivity contribution in [2.45, 2.75) is 26.2 Å². The molecular formula is C17H19FN2O. The lowest BCUT2D eigenvalue weighted by atomic mass is 9.87. The number of anilines is 2. The molecule has 2 aromatic carbocycles. The predicted octanol–water partition coefficient (Wildman–Crippen LogP) is 3.96. The summed E-state index contributed by atoms with van der Waals surface area (Å²) in [5, 5.41) is 2.51. The van der Waals surface area contributed by atoms with Gasteiger partial charge in [-0.1, -0.05) is 39.0 Å². The molecule has 2 aromatic rings. The summed E-state index contributed by atoms with van der Waals surface area (Å²) in [5.74, 6) is -0.929. The largest absolute Gasteiger partial charge is 0.397 e. The Kier molecular flexibility index (Phi) is 3.98.